The van der Waals surface area contributed by atoms with Crippen LogP contribution >= 0.6 is 11.3 Å². The molecule has 0 atom stereocenters. The molecule has 1 N–H and O–H groups in total. The van der Waals surface area contributed by atoms with Crippen LogP contribution in [-0.2, 0) is 11.2 Å². The summed E-state index contributed by atoms with van der Waals surface area (Å²) in [4.78, 5) is 14.9. The second kappa shape index (κ2) is 6.17. The van der Waals surface area contributed by atoms with Crippen LogP contribution in [0.15, 0.2) is 17.5 Å². The Kier molecular flexibility index (Phi) is 5.15. The van der Waals surface area contributed by atoms with E-state index in [0.29, 0.717) is 19.5 Å². The molecule has 0 aliphatic rings. The largest absolute Gasteiger partial charge is 0.389 e. The standard InChI is InChI=1S/C13H21NO2S/c1-4-14(10-13(2,3)16)12(15)8-7-11-6-5-9-17-11/h5-6,9,16H,4,7-8,10H2,1-3H3. The van der Waals surface area contributed by atoms with E-state index in [2.05, 4.69) is 0 Å². The predicted octanol–water partition coefficient (Wildman–Crippen LogP) is 2.30. The molecule has 1 aromatic heterocycles. The summed E-state index contributed by atoms with van der Waals surface area (Å²) in [5.41, 5.74) is -0.825. The average Bonchev–Trinajstić information content (AvgIpc) is 2.74. The van der Waals surface area contributed by atoms with Crippen LogP contribution in [0.25, 0.3) is 0 Å². The first-order chi connectivity index (χ1) is 7.92. The Labute approximate surface area is 107 Å². The van der Waals surface area contributed by atoms with Crippen molar-refractivity contribution in [1.82, 2.24) is 4.90 Å². The van der Waals surface area contributed by atoms with Crippen LogP contribution in [0.2, 0.25) is 0 Å². The summed E-state index contributed by atoms with van der Waals surface area (Å²) in [6.45, 7) is 6.43. The molecule has 0 saturated carbocycles. The van der Waals surface area contributed by atoms with Crippen molar-refractivity contribution in [3.63, 3.8) is 0 Å². The number of carbonyl (C=O) groups is 1. The molecular formula is C13H21NO2S. The Balaban J connectivity index is 2.44. The highest BCUT2D eigenvalue weighted by atomic mass is 32.1. The highest BCUT2D eigenvalue weighted by Crippen LogP contribution is 2.13. The number of thiophene rings is 1. The molecule has 17 heavy (non-hydrogen) atoms. The smallest absolute Gasteiger partial charge is 0.223 e. The summed E-state index contributed by atoms with van der Waals surface area (Å²) in [7, 11) is 0. The van der Waals surface area contributed by atoms with E-state index in [-0.39, 0.29) is 5.91 Å². The van der Waals surface area contributed by atoms with Gasteiger partial charge in [0.05, 0.1) is 5.60 Å². The molecule has 3 nitrogen and oxygen atoms in total. The molecule has 1 aromatic rings. The van der Waals surface area contributed by atoms with Crippen molar-refractivity contribution < 1.29 is 9.90 Å². The molecule has 0 fully saturated rings. The first-order valence-corrected chi connectivity index (χ1v) is 6.83. The van der Waals surface area contributed by atoms with Crippen molar-refractivity contribution in [3.05, 3.63) is 22.4 Å². The van der Waals surface area contributed by atoms with Crippen LogP contribution in [0, 0.1) is 0 Å². The molecule has 0 aliphatic heterocycles. The lowest BCUT2D eigenvalue weighted by Crippen LogP contribution is -2.42. The SMILES string of the molecule is CCN(CC(C)(C)O)C(=O)CCc1cccs1. The van der Waals surface area contributed by atoms with Crippen LogP contribution < -0.4 is 0 Å². The van der Waals surface area contributed by atoms with E-state index in [9.17, 15) is 9.90 Å². The maximum atomic E-state index is 12.0. The molecule has 0 saturated heterocycles. The molecule has 0 aliphatic carbocycles. The Morgan fingerprint density at radius 3 is 2.71 bits per heavy atom. The van der Waals surface area contributed by atoms with E-state index in [1.165, 1.54) is 4.88 Å². The molecule has 1 amide bonds. The third-order valence-electron chi connectivity index (χ3n) is 2.48. The quantitative estimate of drug-likeness (QED) is 0.847. The monoisotopic (exact) mass is 255 g/mol. The first-order valence-electron chi connectivity index (χ1n) is 5.95. The van der Waals surface area contributed by atoms with E-state index < -0.39 is 5.60 Å². The maximum Gasteiger partial charge on any atom is 0.223 e. The Hall–Kier alpha value is -0.870. The van der Waals surface area contributed by atoms with Gasteiger partial charge < -0.3 is 10.0 Å². The average molecular weight is 255 g/mol. The van der Waals surface area contributed by atoms with Crippen LogP contribution in [0.1, 0.15) is 32.1 Å². The van der Waals surface area contributed by atoms with Gasteiger partial charge in [0.2, 0.25) is 5.91 Å². The van der Waals surface area contributed by atoms with Gasteiger partial charge in [0.15, 0.2) is 0 Å². The number of likely N-dealkylation sites (N-methyl/N-ethyl adjacent to an activating group) is 1. The highest BCUT2D eigenvalue weighted by molar-refractivity contribution is 7.09. The molecule has 0 radical (unpaired) electrons. The minimum atomic E-state index is -0.825. The van der Waals surface area contributed by atoms with Gasteiger partial charge in [-0.25, -0.2) is 0 Å². The van der Waals surface area contributed by atoms with Crippen LogP contribution in [0.4, 0.5) is 0 Å². The number of nitrogens with zero attached hydrogens (tertiary/aromatic N) is 1. The molecular weight excluding hydrogens is 234 g/mol. The topological polar surface area (TPSA) is 40.5 Å². The van der Waals surface area contributed by atoms with Gasteiger partial charge in [-0.3, -0.25) is 4.79 Å². The summed E-state index contributed by atoms with van der Waals surface area (Å²) in [5.74, 6) is 0.114. The normalized spacial score (nSPS) is 11.5. The van der Waals surface area contributed by atoms with E-state index in [1.807, 2.05) is 24.4 Å². The van der Waals surface area contributed by atoms with Gasteiger partial charge in [-0.05, 0) is 38.6 Å². The molecule has 0 spiro atoms. The van der Waals surface area contributed by atoms with Crippen molar-refractivity contribution in [2.75, 3.05) is 13.1 Å². The zero-order valence-electron chi connectivity index (χ0n) is 10.8. The molecule has 0 unspecified atom stereocenters. The first kappa shape index (κ1) is 14.2. The Morgan fingerprint density at radius 2 is 2.24 bits per heavy atom. The minimum Gasteiger partial charge on any atom is -0.389 e. The fraction of sp³-hybridized carbons (Fsp3) is 0.615. The lowest BCUT2D eigenvalue weighted by Gasteiger charge is -2.28. The number of carbonyl (C=O) groups excluding carboxylic acids is 1. The summed E-state index contributed by atoms with van der Waals surface area (Å²) in [6, 6.07) is 4.04. The molecule has 1 heterocycles. The zero-order chi connectivity index (χ0) is 12.9. The number of rotatable bonds is 6. The number of aryl methyl sites for hydroxylation is 1. The second-order valence-electron chi connectivity index (χ2n) is 4.80. The van der Waals surface area contributed by atoms with Crippen molar-refractivity contribution in [3.8, 4) is 0 Å². The number of amides is 1. The number of hydrogen-bond donors (Lipinski definition) is 1. The third-order valence-corrected chi connectivity index (χ3v) is 3.41. The zero-order valence-corrected chi connectivity index (χ0v) is 11.6. The summed E-state index contributed by atoms with van der Waals surface area (Å²) in [6.07, 6.45) is 1.31. The molecule has 0 aromatic carbocycles. The molecule has 1 rings (SSSR count). The van der Waals surface area contributed by atoms with Crippen molar-refractivity contribution >= 4 is 17.2 Å². The van der Waals surface area contributed by atoms with E-state index >= 15 is 0 Å². The van der Waals surface area contributed by atoms with Crippen molar-refractivity contribution in [2.24, 2.45) is 0 Å². The van der Waals surface area contributed by atoms with Gasteiger partial charge >= 0.3 is 0 Å². The van der Waals surface area contributed by atoms with E-state index in [4.69, 9.17) is 0 Å². The van der Waals surface area contributed by atoms with Crippen molar-refractivity contribution in [2.45, 2.75) is 39.2 Å². The second-order valence-corrected chi connectivity index (χ2v) is 5.83. The minimum absolute atomic E-state index is 0.114. The van der Waals surface area contributed by atoms with Gasteiger partial charge in [-0.15, -0.1) is 11.3 Å². The molecule has 96 valence electrons. The van der Waals surface area contributed by atoms with Gasteiger partial charge in [-0.1, -0.05) is 6.07 Å². The van der Waals surface area contributed by atoms with Crippen LogP contribution in [0.5, 0.6) is 0 Å². The predicted molar refractivity (Wildman–Crippen MR) is 71.2 cm³/mol. The van der Waals surface area contributed by atoms with Crippen molar-refractivity contribution in [1.29, 1.82) is 0 Å². The van der Waals surface area contributed by atoms with Crippen LogP contribution in [0.3, 0.4) is 0 Å². The molecule has 4 heteroatoms. The Morgan fingerprint density at radius 1 is 1.53 bits per heavy atom. The van der Waals surface area contributed by atoms with Gasteiger partial charge in [0.1, 0.15) is 0 Å². The summed E-state index contributed by atoms with van der Waals surface area (Å²) >= 11 is 1.68. The summed E-state index contributed by atoms with van der Waals surface area (Å²) in [5, 5.41) is 11.8. The van der Waals surface area contributed by atoms with Gasteiger partial charge in [-0.2, -0.15) is 0 Å². The lowest BCUT2D eigenvalue weighted by molar-refractivity contribution is -0.133. The number of aliphatic hydroxyl groups is 1. The van der Waals surface area contributed by atoms with E-state index in [0.717, 1.165) is 6.42 Å². The fourth-order valence-electron chi connectivity index (χ4n) is 1.69. The Bertz CT molecular complexity index is 341. The summed E-state index contributed by atoms with van der Waals surface area (Å²) < 4.78 is 0. The van der Waals surface area contributed by atoms with E-state index in [1.54, 1.807) is 30.1 Å². The maximum absolute atomic E-state index is 12.0. The fourth-order valence-corrected chi connectivity index (χ4v) is 2.40. The van der Waals surface area contributed by atoms with Crippen LogP contribution in [-0.4, -0.2) is 34.6 Å². The molecule has 0 bridgehead atoms. The van der Waals surface area contributed by atoms with Gasteiger partial charge in [0.25, 0.3) is 0 Å². The third kappa shape index (κ3) is 5.33. The number of hydrogen-bond acceptors (Lipinski definition) is 3. The lowest BCUT2D eigenvalue weighted by atomic mass is 10.1. The van der Waals surface area contributed by atoms with Gasteiger partial charge in [0, 0.05) is 24.4 Å². The highest BCUT2D eigenvalue weighted by Gasteiger charge is 2.20.